The van der Waals surface area contributed by atoms with E-state index >= 15 is 0 Å². The Bertz CT molecular complexity index is 1350. The van der Waals surface area contributed by atoms with Crippen LogP contribution >= 0.6 is 11.8 Å². The van der Waals surface area contributed by atoms with Crippen molar-refractivity contribution in [3.05, 3.63) is 102 Å². The molecule has 2 N–H and O–H groups in total. The molecule has 0 aliphatic rings. The summed E-state index contributed by atoms with van der Waals surface area (Å²) in [5, 5.41) is 7.57. The van der Waals surface area contributed by atoms with Crippen LogP contribution in [0.5, 0.6) is 0 Å². The standard InChI is InChI=1S/C28H24N2O3S/c1-18(31)20-9-11-24(12-10-20)29-27(32)19(2)34-26-15-13-25(14-16-26)30-28(33)23-8-7-21-5-3-4-6-22(21)17-23/h3-17,19H,1-2H3,(H,29,32)(H,30,33). The average molecular weight is 469 g/mol. The third-order valence-corrected chi connectivity index (χ3v) is 6.48. The van der Waals surface area contributed by atoms with E-state index in [2.05, 4.69) is 10.6 Å². The Morgan fingerprint density at radius 2 is 1.29 bits per heavy atom. The number of rotatable bonds is 7. The van der Waals surface area contributed by atoms with E-state index in [1.807, 2.05) is 73.7 Å². The summed E-state index contributed by atoms with van der Waals surface area (Å²) in [5.74, 6) is -0.317. The van der Waals surface area contributed by atoms with Gasteiger partial charge in [0, 0.05) is 27.4 Å². The highest BCUT2D eigenvalue weighted by Crippen LogP contribution is 2.26. The van der Waals surface area contributed by atoms with E-state index in [9.17, 15) is 14.4 Å². The van der Waals surface area contributed by atoms with Crippen LogP contribution in [-0.4, -0.2) is 22.8 Å². The summed E-state index contributed by atoms with van der Waals surface area (Å²) in [7, 11) is 0. The summed E-state index contributed by atoms with van der Waals surface area (Å²) >= 11 is 1.43. The smallest absolute Gasteiger partial charge is 0.255 e. The van der Waals surface area contributed by atoms with Gasteiger partial charge in [0.15, 0.2) is 5.78 Å². The highest BCUT2D eigenvalue weighted by atomic mass is 32.2. The average Bonchev–Trinajstić information content (AvgIpc) is 2.85. The number of carbonyl (C=O) groups excluding carboxylic acids is 3. The number of hydrogen-bond acceptors (Lipinski definition) is 4. The quantitative estimate of drug-likeness (QED) is 0.243. The molecule has 0 aromatic heterocycles. The minimum atomic E-state index is -0.328. The summed E-state index contributed by atoms with van der Waals surface area (Å²) in [6, 6.07) is 27.8. The van der Waals surface area contributed by atoms with Gasteiger partial charge < -0.3 is 10.6 Å². The van der Waals surface area contributed by atoms with Crippen LogP contribution in [0.25, 0.3) is 10.8 Å². The lowest BCUT2D eigenvalue weighted by Gasteiger charge is -2.13. The summed E-state index contributed by atoms with van der Waals surface area (Å²) in [6.45, 7) is 3.34. The van der Waals surface area contributed by atoms with Crippen molar-refractivity contribution in [2.24, 2.45) is 0 Å². The van der Waals surface area contributed by atoms with E-state index in [4.69, 9.17) is 0 Å². The fraction of sp³-hybridized carbons (Fsp3) is 0.107. The number of hydrogen-bond donors (Lipinski definition) is 2. The first kappa shape index (κ1) is 23.3. The fourth-order valence-electron chi connectivity index (χ4n) is 3.44. The molecule has 0 radical (unpaired) electrons. The second kappa shape index (κ2) is 10.4. The van der Waals surface area contributed by atoms with Crippen molar-refractivity contribution in [3.63, 3.8) is 0 Å². The number of benzene rings is 4. The van der Waals surface area contributed by atoms with Crippen LogP contribution in [0.15, 0.2) is 95.9 Å². The van der Waals surface area contributed by atoms with Crippen molar-refractivity contribution in [1.29, 1.82) is 0 Å². The third kappa shape index (κ3) is 5.71. The van der Waals surface area contributed by atoms with Gasteiger partial charge in [-0.2, -0.15) is 0 Å². The zero-order chi connectivity index (χ0) is 24.1. The molecule has 0 spiro atoms. The lowest BCUT2D eigenvalue weighted by atomic mass is 10.1. The van der Waals surface area contributed by atoms with Crippen molar-refractivity contribution < 1.29 is 14.4 Å². The lowest BCUT2D eigenvalue weighted by Crippen LogP contribution is -2.22. The molecule has 0 heterocycles. The molecule has 0 fully saturated rings. The maximum absolute atomic E-state index is 12.7. The molecule has 2 amide bonds. The molecule has 1 atom stereocenters. The Morgan fingerprint density at radius 3 is 1.97 bits per heavy atom. The molecule has 170 valence electrons. The van der Waals surface area contributed by atoms with Gasteiger partial charge in [0.25, 0.3) is 5.91 Å². The number of ketones is 1. The Hall–Kier alpha value is -3.90. The summed E-state index contributed by atoms with van der Waals surface area (Å²) in [6.07, 6.45) is 0. The van der Waals surface area contributed by atoms with Gasteiger partial charge >= 0.3 is 0 Å². The molecule has 5 nitrogen and oxygen atoms in total. The van der Waals surface area contributed by atoms with E-state index < -0.39 is 0 Å². The van der Waals surface area contributed by atoms with Gasteiger partial charge in [-0.1, -0.05) is 30.3 Å². The monoisotopic (exact) mass is 468 g/mol. The van der Waals surface area contributed by atoms with Gasteiger partial charge in [-0.25, -0.2) is 0 Å². The zero-order valence-corrected chi connectivity index (χ0v) is 19.7. The van der Waals surface area contributed by atoms with Gasteiger partial charge in [-0.05, 0) is 85.3 Å². The molecule has 4 rings (SSSR count). The summed E-state index contributed by atoms with van der Waals surface area (Å²) in [4.78, 5) is 37.5. The molecule has 34 heavy (non-hydrogen) atoms. The van der Waals surface area contributed by atoms with Gasteiger partial charge in [-0.3, -0.25) is 14.4 Å². The van der Waals surface area contributed by atoms with E-state index in [0.717, 1.165) is 15.7 Å². The van der Waals surface area contributed by atoms with Crippen LogP contribution in [0.1, 0.15) is 34.6 Å². The molecule has 4 aromatic carbocycles. The largest absolute Gasteiger partial charge is 0.325 e. The van der Waals surface area contributed by atoms with Gasteiger partial charge in [0.1, 0.15) is 0 Å². The molecule has 1 unspecified atom stereocenters. The molecule has 0 saturated heterocycles. The zero-order valence-electron chi connectivity index (χ0n) is 18.9. The van der Waals surface area contributed by atoms with E-state index in [1.165, 1.54) is 18.7 Å². The predicted molar refractivity (Wildman–Crippen MR) is 139 cm³/mol. The minimum Gasteiger partial charge on any atom is -0.325 e. The lowest BCUT2D eigenvalue weighted by molar-refractivity contribution is -0.115. The molecule has 0 bridgehead atoms. The Morgan fingerprint density at radius 1 is 0.706 bits per heavy atom. The summed E-state index contributed by atoms with van der Waals surface area (Å²) < 4.78 is 0. The van der Waals surface area contributed by atoms with E-state index in [0.29, 0.717) is 22.5 Å². The number of amides is 2. The van der Waals surface area contributed by atoms with Crippen LogP contribution < -0.4 is 10.6 Å². The molecule has 6 heteroatoms. The molecule has 0 aliphatic carbocycles. The first-order valence-corrected chi connectivity index (χ1v) is 11.8. The van der Waals surface area contributed by atoms with Crippen LogP contribution in [0.4, 0.5) is 11.4 Å². The van der Waals surface area contributed by atoms with E-state index in [-0.39, 0.29) is 22.8 Å². The number of fused-ring (bicyclic) bond motifs is 1. The molecular weight excluding hydrogens is 444 g/mol. The maximum atomic E-state index is 12.7. The first-order chi connectivity index (χ1) is 16.4. The molecule has 0 saturated carbocycles. The highest BCUT2D eigenvalue weighted by Gasteiger charge is 2.15. The Balaban J connectivity index is 1.33. The Labute approximate surface area is 202 Å². The highest BCUT2D eigenvalue weighted by molar-refractivity contribution is 8.00. The third-order valence-electron chi connectivity index (χ3n) is 5.36. The van der Waals surface area contributed by atoms with Crippen molar-refractivity contribution >= 4 is 51.5 Å². The first-order valence-electron chi connectivity index (χ1n) is 10.9. The molecule has 0 aliphatic heterocycles. The number of thioether (sulfide) groups is 1. The topological polar surface area (TPSA) is 75.3 Å². The van der Waals surface area contributed by atoms with E-state index in [1.54, 1.807) is 24.3 Å². The number of Topliss-reactive ketones (excluding diaryl/α,β-unsaturated/α-hetero) is 1. The minimum absolute atomic E-state index is 0.0151. The number of anilines is 2. The maximum Gasteiger partial charge on any atom is 0.255 e. The van der Waals surface area contributed by atoms with Crippen LogP contribution in [0.2, 0.25) is 0 Å². The van der Waals surface area contributed by atoms with Crippen molar-refractivity contribution in [2.45, 2.75) is 24.0 Å². The number of nitrogens with one attached hydrogen (secondary N) is 2. The van der Waals surface area contributed by atoms with Crippen LogP contribution in [0, 0.1) is 0 Å². The number of carbonyl (C=O) groups is 3. The van der Waals surface area contributed by atoms with Gasteiger partial charge in [-0.15, -0.1) is 11.8 Å². The molecule has 4 aromatic rings. The second-order valence-corrected chi connectivity index (χ2v) is 9.34. The summed E-state index contributed by atoms with van der Waals surface area (Å²) in [5.41, 5.74) is 2.53. The predicted octanol–water partition coefficient (Wildman–Crippen LogP) is 6.41. The van der Waals surface area contributed by atoms with Gasteiger partial charge in [0.05, 0.1) is 5.25 Å². The Kier molecular flexibility index (Phi) is 7.09. The van der Waals surface area contributed by atoms with Crippen molar-refractivity contribution in [2.75, 3.05) is 10.6 Å². The van der Waals surface area contributed by atoms with Crippen LogP contribution in [-0.2, 0) is 4.79 Å². The molecular formula is C28H24N2O3S. The SMILES string of the molecule is CC(=O)c1ccc(NC(=O)C(C)Sc2ccc(NC(=O)c3ccc4ccccc4c3)cc2)cc1. The van der Waals surface area contributed by atoms with Crippen molar-refractivity contribution in [3.8, 4) is 0 Å². The van der Waals surface area contributed by atoms with Gasteiger partial charge in [0.2, 0.25) is 5.91 Å². The van der Waals surface area contributed by atoms with Crippen LogP contribution in [0.3, 0.4) is 0 Å². The fourth-order valence-corrected chi connectivity index (χ4v) is 4.31. The second-order valence-electron chi connectivity index (χ2n) is 7.92. The normalized spacial score (nSPS) is 11.6. The van der Waals surface area contributed by atoms with Crippen molar-refractivity contribution in [1.82, 2.24) is 0 Å².